The van der Waals surface area contributed by atoms with Crippen LogP contribution in [0.2, 0.25) is 0 Å². The molecule has 0 N–H and O–H groups in total. The van der Waals surface area contributed by atoms with Gasteiger partial charge < -0.3 is 9.42 Å². The molecule has 0 aliphatic carbocycles. The molecule has 0 radical (unpaired) electrons. The highest BCUT2D eigenvalue weighted by molar-refractivity contribution is 5.96. The number of nitrogens with zero attached hydrogens (tertiary/aromatic N) is 3. The summed E-state index contributed by atoms with van der Waals surface area (Å²) in [5.41, 5.74) is 1.41. The number of rotatable bonds is 4. The first-order chi connectivity index (χ1) is 14.2. The number of carbonyl (C=O) groups excluding carboxylic acids is 1. The number of hydrogen-bond acceptors (Lipinski definition) is 4. The van der Waals surface area contributed by atoms with Crippen LogP contribution in [0.1, 0.15) is 49.1 Å². The topological polar surface area (TPSA) is 59.2 Å². The zero-order valence-corrected chi connectivity index (χ0v) is 16.5. The van der Waals surface area contributed by atoms with E-state index in [1.807, 2.05) is 24.3 Å². The third-order valence-electron chi connectivity index (χ3n) is 5.24. The van der Waals surface area contributed by atoms with Crippen LogP contribution in [0.15, 0.2) is 53.1 Å². The third-order valence-corrected chi connectivity index (χ3v) is 5.24. The summed E-state index contributed by atoms with van der Waals surface area (Å²) in [4.78, 5) is 18.5. The molecule has 3 aromatic rings. The summed E-state index contributed by atoms with van der Waals surface area (Å²) in [6.07, 6.45) is -4.25. The van der Waals surface area contributed by atoms with Gasteiger partial charge >= 0.3 is 6.18 Å². The fourth-order valence-electron chi connectivity index (χ4n) is 3.51. The monoisotopic (exact) mass is 415 g/mol. The minimum Gasteiger partial charge on any atom is -0.339 e. The van der Waals surface area contributed by atoms with Crippen molar-refractivity contribution in [3.05, 3.63) is 65.5 Å². The predicted octanol–water partition coefficient (Wildman–Crippen LogP) is 5.40. The molecule has 5 nitrogen and oxygen atoms in total. The molecular weight excluding hydrogens is 395 g/mol. The van der Waals surface area contributed by atoms with Gasteiger partial charge in [0.2, 0.25) is 17.6 Å². The Morgan fingerprint density at radius 3 is 2.53 bits per heavy atom. The van der Waals surface area contributed by atoms with Gasteiger partial charge in [0.05, 0.1) is 11.5 Å². The second kappa shape index (κ2) is 7.59. The molecule has 2 heterocycles. The maximum absolute atomic E-state index is 12.9. The highest BCUT2D eigenvalue weighted by atomic mass is 19.4. The lowest BCUT2D eigenvalue weighted by Crippen LogP contribution is -2.24. The Labute approximate surface area is 171 Å². The number of amides is 1. The van der Waals surface area contributed by atoms with E-state index >= 15 is 0 Å². The van der Waals surface area contributed by atoms with Crippen LogP contribution >= 0.6 is 0 Å². The molecule has 2 aromatic carbocycles. The number of carbonyl (C=O) groups is 1. The molecule has 0 spiro atoms. The number of hydrogen-bond donors (Lipinski definition) is 0. The minimum absolute atomic E-state index is 0.0592. The number of anilines is 1. The van der Waals surface area contributed by atoms with Gasteiger partial charge in [-0.15, -0.1) is 0 Å². The lowest BCUT2D eigenvalue weighted by molar-refractivity contribution is -0.137. The van der Waals surface area contributed by atoms with Gasteiger partial charge in [0.1, 0.15) is 0 Å². The Balaban J connectivity index is 1.53. The fourth-order valence-corrected chi connectivity index (χ4v) is 3.51. The molecule has 0 bridgehead atoms. The summed E-state index contributed by atoms with van der Waals surface area (Å²) >= 11 is 0. The number of benzene rings is 2. The van der Waals surface area contributed by atoms with Gasteiger partial charge in [-0.2, -0.15) is 18.2 Å². The predicted molar refractivity (Wildman–Crippen MR) is 105 cm³/mol. The van der Waals surface area contributed by atoms with Gasteiger partial charge in [0.15, 0.2) is 0 Å². The van der Waals surface area contributed by atoms with E-state index in [4.69, 9.17) is 4.52 Å². The van der Waals surface area contributed by atoms with Gasteiger partial charge in [-0.25, -0.2) is 0 Å². The largest absolute Gasteiger partial charge is 0.416 e. The number of halogens is 3. The smallest absolute Gasteiger partial charge is 0.339 e. The average Bonchev–Trinajstić information content (AvgIpc) is 3.34. The third kappa shape index (κ3) is 3.94. The second-order valence-electron chi connectivity index (χ2n) is 7.69. The Bertz CT molecular complexity index is 1060. The van der Waals surface area contributed by atoms with E-state index in [2.05, 4.69) is 24.0 Å². The van der Waals surface area contributed by atoms with Crippen LogP contribution in [-0.4, -0.2) is 22.6 Å². The summed E-state index contributed by atoms with van der Waals surface area (Å²) in [5.74, 6) is 0.347. The van der Waals surface area contributed by atoms with Crippen molar-refractivity contribution in [3.63, 3.8) is 0 Å². The van der Waals surface area contributed by atoms with Crippen molar-refractivity contribution in [2.45, 2.75) is 38.3 Å². The van der Waals surface area contributed by atoms with Crippen molar-refractivity contribution in [2.24, 2.45) is 0 Å². The van der Waals surface area contributed by atoms with Crippen LogP contribution in [-0.2, 0) is 11.0 Å². The van der Waals surface area contributed by atoms with Crippen molar-refractivity contribution in [1.82, 2.24) is 10.1 Å². The van der Waals surface area contributed by atoms with Crippen molar-refractivity contribution in [2.75, 3.05) is 11.4 Å². The quantitative estimate of drug-likeness (QED) is 0.573. The molecule has 156 valence electrons. The van der Waals surface area contributed by atoms with E-state index in [-0.39, 0.29) is 35.5 Å². The highest BCUT2D eigenvalue weighted by Crippen LogP contribution is 2.34. The zero-order valence-electron chi connectivity index (χ0n) is 16.5. The van der Waals surface area contributed by atoms with Crippen LogP contribution in [0.25, 0.3) is 11.4 Å². The van der Waals surface area contributed by atoms with Crippen LogP contribution < -0.4 is 4.90 Å². The standard InChI is InChI=1S/C22H20F3N3O2/c1-13(2)14-6-8-18(9-7-14)28-12-16(11-19(28)29)21-26-20(27-30-21)15-4-3-5-17(10-15)22(23,24)25/h3-10,13,16H,11-12H2,1-2H3/t16-/m1/s1. The van der Waals surface area contributed by atoms with Gasteiger partial charge in [0.25, 0.3) is 0 Å². The first kappa shape index (κ1) is 20.1. The molecule has 1 aliphatic rings. The summed E-state index contributed by atoms with van der Waals surface area (Å²) < 4.78 is 44.1. The number of aromatic nitrogens is 2. The Kier molecular flexibility index (Phi) is 5.09. The molecule has 8 heteroatoms. The van der Waals surface area contributed by atoms with Crippen LogP contribution in [0.4, 0.5) is 18.9 Å². The molecule has 1 aliphatic heterocycles. The van der Waals surface area contributed by atoms with Gasteiger partial charge in [-0.05, 0) is 35.7 Å². The Morgan fingerprint density at radius 1 is 1.13 bits per heavy atom. The maximum Gasteiger partial charge on any atom is 0.416 e. The summed E-state index contributed by atoms with van der Waals surface area (Å²) in [6, 6.07) is 12.6. The minimum atomic E-state index is -4.45. The summed E-state index contributed by atoms with van der Waals surface area (Å²) in [5, 5.41) is 3.82. The molecule has 30 heavy (non-hydrogen) atoms. The van der Waals surface area contributed by atoms with Crippen molar-refractivity contribution < 1.29 is 22.5 Å². The van der Waals surface area contributed by atoms with Gasteiger partial charge in [-0.1, -0.05) is 43.3 Å². The molecule has 4 rings (SSSR count). The van der Waals surface area contributed by atoms with E-state index < -0.39 is 11.7 Å². The van der Waals surface area contributed by atoms with Gasteiger partial charge in [-0.3, -0.25) is 4.79 Å². The normalized spacial score (nSPS) is 17.2. The SMILES string of the molecule is CC(C)c1ccc(N2C[C@H](c3nc(-c4cccc(C(F)(F)F)c4)no3)CC2=O)cc1. The fraction of sp³-hybridized carbons (Fsp3) is 0.318. The molecular formula is C22H20F3N3O2. The highest BCUT2D eigenvalue weighted by Gasteiger charge is 2.35. The Hall–Kier alpha value is -3.16. The zero-order chi connectivity index (χ0) is 21.5. The first-order valence-electron chi connectivity index (χ1n) is 9.64. The van der Waals surface area contributed by atoms with Crippen molar-refractivity contribution in [3.8, 4) is 11.4 Å². The maximum atomic E-state index is 12.9. The first-order valence-corrected chi connectivity index (χ1v) is 9.64. The van der Waals surface area contributed by atoms with E-state index in [0.717, 1.165) is 17.8 Å². The van der Waals surface area contributed by atoms with Crippen LogP contribution in [0.5, 0.6) is 0 Å². The number of alkyl halides is 3. The molecule has 1 saturated heterocycles. The molecule has 1 amide bonds. The molecule has 0 unspecified atom stereocenters. The average molecular weight is 415 g/mol. The molecule has 0 saturated carbocycles. The summed E-state index contributed by atoms with van der Waals surface area (Å²) in [7, 11) is 0. The second-order valence-corrected chi connectivity index (χ2v) is 7.69. The van der Waals surface area contributed by atoms with Gasteiger partial charge in [0, 0.05) is 24.2 Å². The van der Waals surface area contributed by atoms with E-state index in [1.165, 1.54) is 17.7 Å². The lowest BCUT2D eigenvalue weighted by atomic mass is 10.0. The van der Waals surface area contributed by atoms with E-state index in [9.17, 15) is 18.0 Å². The summed E-state index contributed by atoms with van der Waals surface area (Å²) in [6.45, 7) is 4.58. The Morgan fingerprint density at radius 2 is 1.87 bits per heavy atom. The van der Waals surface area contributed by atoms with Crippen LogP contribution in [0, 0.1) is 0 Å². The molecule has 1 atom stereocenters. The lowest BCUT2D eigenvalue weighted by Gasteiger charge is -2.17. The van der Waals surface area contributed by atoms with Crippen LogP contribution in [0.3, 0.4) is 0 Å². The van der Waals surface area contributed by atoms with Crippen molar-refractivity contribution >= 4 is 11.6 Å². The van der Waals surface area contributed by atoms with E-state index in [0.29, 0.717) is 12.5 Å². The molecule has 1 fully saturated rings. The molecule has 1 aromatic heterocycles. The van der Waals surface area contributed by atoms with E-state index in [1.54, 1.807) is 4.90 Å². The van der Waals surface area contributed by atoms with Crippen molar-refractivity contribution in [1.29, 1.82) is 0 Å².